The van der Waals surface area contributed by atoms with Gasteiger partial charge in [-0.3, -0.25) is 28.8 Å². The number of carboxylic acids is 1. The molecule has 0 aliphatic carbocycles. The number of aliphatic carboxylic acids is 1. The van der Waals surface area contributed by atoms with Crippen LogP contribution in [0.15, 0.2) is 0 Å². The first kappa shape index (κ1) is 57.0. The van der Waals surface area contributed by atoms with Crippen LogP contribution < -0.4 is 5.73 Å². The average molecular weight is 852 g/mol. The molecule has 2 atom stereocenters. The molecule has 3 N–H and O–H groups in total. The van der Waals surface area contributed by atoms with E-state index in [-0.39, 0.29) is 58.2 Å². The molecule has 11 heteroatoms. The second-order valence-electron chi connectivity index (χ2n) is 17.2. The maximum atomic E-state index is 12.8. The first-order valence-corrected chi connectivity index (χ1v) is 24.6. The maximum absolute atomic E-state index is 12.8. The number of unbranched alkanes of at least 4 members (excludes halogenated alkanes) is 28. The fourth-order valence-corrected chi connectivity index (χ4v) is 7.42. The van der Waals surface area contributed by atoms with Crippen molar-refractivity contribution in [3.05, 3.63) is 0 Å². The number of Topliss-reactive ketones (excluding diaryl/α,β-unsaturated/α-hetero) is 1. The molecule has 0 rings (SSSR count). The van der Waals surface area contributed by atoms with Crippen molar-refractivity contribution in [2.24, 2.45) is 11.7 Å². The zero-order chi connectivity index (χ0) is 44.3. The number of hydrogen-bond donors (Lipinski definition) is 2. The number of carboxylic acid groups (broad SMARTS) is 1. The highest BCUT2D eigenvalue weighted by Gasteiger charge is 2.23. The third kappa shape index (κ3) is 40.4. The quantitative estimate of drug-likeness (QED) is 0.0340. The minimum Gasteiger partial charge on any atom is -0.481 e. The summed E-state index contributed by atoms with van der Waals surface area (Å²) in [7, 11) is 0. The number of esters is 3. The van der Waals surface area contributed by atoms with Crippen molar-refractivity contribution in [3.63, 3.8) is 0 Å². The molecular weight excluding hydrogens is 763 g/mol. The molecule has 0 aromatic carbocycles. The Morgan fingerprint density at radius 1 is 0.433 bits per heavy atom. The number of ether oxygens (including phenoxy) is 3. The van der Waals surface area contributed by atoms with Gasteiger partial charge in [0.1, 0.15) is 19.0 Å². The number of carbonyl (C=O) groups excluding carboxylic acids is 5. The topological polar surface area (TPSA) is 176 Å². The highest BCUT2D eigenvalue weighted by atomic mass is 16.6. The molecule has 0 aromatic rings. The van der Waals surface area contributed by atoms with Crippen LogP contribution in [-0.2, 0) is 43.0 Å². The summed E-state index contributed by atoms with van der Waals surface area (Å²) in [6.45, 7) is 3.94. The third-order valence-corrected chi connectivity index (χ3v) is 11.3. The summed E-state index contributed by atoms with van der Waals surface area (Å²) in [5.74, 6) is -4.76. The minimum absolute atomic E-state index is 0.0640. The molecule has 350 valence electrons. The Morgan fingerprint density at radius 3 is 1.12 bits per heavy atom. The zero-order valence-corrected chi connectivity index (χ0v) is 38.4. The van der Waals surface area contributed by atoms with E-state index in [9.17, 15) is 28.8 Å². The number of ketones is 1. The van der Waals surface area contributed by atoms with Gasteiger partial charge in [-0.1, -0.05) is 194 Å². The van der Waals surface area contributed by atoms with Crippen molar-refractivity contribution in [2.45, 2.75) is 258 Å². The van der Waals surface area contributed by atoms with Gasteiger partial charge >= 0.3 is 23.9 Å². The van der Waals surface area contributed by atoms with Gasteiger partial charge in [-0.15, -0.1) is 0 Å². The number of carbonyl (C=O) groups is 6. The first-order valence-electron chi connectivity index (χ1n) is 24.6. The Morgan fingerprint density at radius 2 is 0.767 bits per heavy atom. The van der Waals surface area contributed by atoms with E-state index in [1.807, 2.05) is 0 Å². The van der Waals surface area contributed by atoms with Crippen LogP contribution in [0.3, 0.4) is 0 Å². The molecule has 0 spiro atoms. The lowest BCUT2D eigenvalue weighted by molar-refractivity contribution is -0.167. The molecule has 1 amide bonds. The summed E-state index contributed by atoms with van der Waals surface area (Å²) in [5, 5.41) is 8.88. The van der Waals surface area contributed by atoms with E-state index in [1.165, 1.54) is 141 Å². The van der Waals surface area contributed by atoms with Crippen molar-refractivity contribution in [1.29, 1.82) is 0 Å². The van der Waals surface area contributed by atoms with E-state index >= 15 is 0 Å². The van der Waals surface area contributed by atoms with Crippen LogP contribution >= 0.6 is 0 Å². The van der Waals surface area contributed by atoms with Gasteiger partial charge in [0, 0.05) is 38.0 Å². The number of rotatable bonds is 46. The van der Waals surface area contributed by atoms with Gasteiger partial charge in [0.15, 0.2) is 6.10 Å². The molecule has 11 nitrogen and oxygen atoms in total. The molecule has 0 aliphatic rings. The van der Waals surface area contributed by atoms with Gasteiger partial charge in [0.05, 0.1) is 6.42 Å². The number of primary amides is 1. The Hall–Kier alpha value is -2.98. The predicted octanol–water partition coefficient (Wildman–Crippen LogP) is 12.2. The molecule has 0 bridgehead atoms. The van der Waals surface area contributed by atoms with Crippen LogP contribution in [0.1, 0.15) is 251 Å². The normalized spacial score (nSPS) is 12.2. The average Bonchev–Trinajstić information content (AvgIpc) is 3.22. The summed E-state index contributed by atoms with van der Waals surface area (Å²) < 4.78 is 16.3. The Balaban J connectivity index is 4.54. The summed E-state index contributed by atoms with van der Waals surface area (Å²) in [6, 6.07) is 0. The van der Waals surface area contributed by atoms with Gasteiger partial charge < -0.3 is 25.1 Å². The summed E-state index contributed by atoms with van der Waals surface area (Å²) in [6.07, 6.45) is 35.2. The van der Waals surface area contributed by atoms with Crippen LogP contribution in [0.5, 0.6) is 0 Å². The lowest BCUT2D eigenvalue weighted by atomic mass is 9.95. The fraction of sp³-hybridized carbons (Fsp3) is 0.878. The van der Waals surface area contributed by atoms with Crippen LogP contribution in [0.2, 0.25) is 0 Å². The molecule has 0 radical (unpaired) electrons. The smallest absolute Gasteiger partial charge is 0.306 e. The highest BCUT2D eigenvalue weighted by molar-refractivity contribution is 5.88. The Labute approximate surface area is 365 Å². The second kappa shape index (κ2) is 42.7. The van der Waals surface area contributed by atoms with Crippen molar-refractivity contribution < 1.29 is 48.1 Å². The van der Waals surface area contributed by atoms with Crippen molar-refractivity contribution in [3.8, 4) is 0 Å². The Kier molecular flexibility index (Phi) is 40.6. The largest absolute Gasteiger partial charge is 0.481 e. The summed E-state index contributed by atoms with van der Waals surface area (Å²) >= 11 is 0. The van der Waals surface area contributed by atoms with E-state index in [1.54, 1.807) is 0 Å². The molecule has 0 aliphatic heterocycles. The molecule has 0 heterocycles. The van der Waals surface area contributed by atoms with E-state index < -0.39 is 47.6 Å². The van der Waals surface area contributed by atoms with E-state index in [2.05, 4.69) is 13.8 Å². The Bertz CT molecular complexity index is 1100. The summed E-state index contributed by atoms with van der Waals surface area (Å²) in [4.78, 5) is 72.7. The fourth-order valence-electron chi connectivity index (χ4n) is 7.42. The minimum atomic E-state index is -1.10. The molecule has 0 aromatic heterocycles. The van der Waals surface area contributed by atoms with E-state index in [0.717, 1.165) is 44.9 Å². The second-order valence-corrected chi connectivity index (χ2v) is 17.2. The van der Waals surface area contributed by atoms with Crippen LogP contribution in [0.25, 0.3) is 0 Å². The van der Waals surface area contributed by atoms with Gasteiger partial charge in [-0.05, 0) is 19.3 Å². The van der Waals surface area contributed by atoms with Crippen LogP contribution in [0.4, 0.5) is 0 Å². The van der Waals surface area contributed by atoms with Gasteiger partial charge in [-0.2, -0.15) is 0 Å². The van der Waals surface area contributed by atoms with Crippen molar-refractivity contribution >= 4 is 35.6 Å². The van der Waals surface area contributed by atoms with Gasteiger partial charge in [0.2, 0.25) is 5.91 Å². The predicted molar refractivity (Wildman–Crippen MR) is 239 cm³/mol. The van der Waals surface area contributed by atoms with Crippen LogP contribution in [0, 0.1) is 5.92 Å². The standard InChI is InChI=1S/C49H89NO10/c1-3-5-7-9-11-13-15-17-19-21-23-25-27-29-31-33-46(54)58-40-44(41-59-47(55)38-36-43(51)39-42(49(50)57)35-37-45(52)53)60-48(56)34-32-30-28-26-24-22-20-18-16-14-12-10-8-6-4-2/h42,44H,3-41H2,1-2H3,(H2,50,57)(H,52,53). The molecule has 2 unspecified atom stereocenters. The van der Waals surface area contributed by atoms with Gasteiger partial charge in [-0.25, -0.2) is 0 Å². The molecule has 0 saturated heterocycles. The maximum Gasteiger partial charge on any atom is 0.306 e. The lowest BCUT2D eigenvalue weighted by Crippen LogP contribution is -2.31. The van der Waals surface area contributed by atoms with Crippen molar-refractivity contribution in [1.82, 2.24) is 0 Å². The number of nitrogens with two attached hydrogens (primary N) is 1. The summed E-state index contributed by atoms with van der Waals surface area (Å²) in [5.41, 5.74) is 5.32. The molecular formula is C49H89NO10. The lowest BCUT2D eigenvalue weighted by Gasteiger charge is -2.18. The monoisotopic (exact) mass is 852 g/mol. The highest BCUT2D eigenvalue weighted by Crippen LogP contribution is 2.17. The van der Waals surface area contributed by atoms with Crippen LogP contribution in [-0.4, -0.2) is 60.0 Å². The van der Waals surface area contributed by atoms with E-state index in [0.29, 0.717) is 6.42 Å². The van der Waals surface area contributed by atoms with E-state index in [4.69, 9.17) is 25.1 Å². The SMILES string of the molecule is CCCCCCCCCCCCCCCCCC(=O)OCC(COC(=O)CCC(=O)CC(CCC(=O)O)C(N)=O)OC(=O)CCCCCCCCCCCCCCCCC. The molecule has 0 saturated carbocycles. The number of amides is 1. The zero-order valence-electron chi connectivity index (χ0n) is 38.4. The van der Waals surface area contributed by atoms with Gasteiger partial charge in [0.25, 0.3) is 0 Å². The molecule has 0 fully saturated rings. The third-order valence-electron chi connectivity index (χ3n) is 11.3. The molecule has 60 heavy (non-hydrogen) atoms. The number of hydrogen-bond acceptors (Lipinski definition) is 9. The first-order chi connectivity index (χ1) is 29.1. The van der Waals surface area contributed by atoms with Crippen molar-refractivity contribution in [2.75, 3.05) is 13.2 Å².